The van der Waals surface area contributed by atoms with Gasteiger partial charge in [0.1, 0.15) is 6.54 Å². The number of carbonyl (C=O) groups is 2. The highest BCUT2D eigenvalue weighted by atomic mass is 16.2. The summed E-state index contributed by atoms with van der Waals surface area (Å²) >= 11 is 0. The van der Waals surface area contributed by atoms with Crippen LogP contribution in [0, 0.1) is 0 Å². The molecule has 3 N–H and O–H groups in total. The van der Waals surface area contributed by atoms with Gasteiger partial charge in [0.25, 0.3) is 5.91 Å². The van der Waals surface area contributed by atoms with Crippen LogP contribution >= 0.6 is 0 Å². The van der Waals surface area contributed by atoms with E-state index in [0.29, 0.717) is 17.1 Å². The largest absolute Gasteiger partial charge is 0.398 e. The molecule has 8 heteroatoms. The number of nitrogen functional groups attached to an aromatic ring is 1. The quantitative estimate of drug-likeness (QED) is 0.658. The number of nitrogens with zero attached hydrogens (tertiary/aromatic N) is 4. The molecule has 8 nitrogen and oxygen atoms in total. The fraction of sp³-hybridized carbons (Fsp3) is 0.286. The van der Waals surface area contributed by atoms with Crippen molar-refractivity contribution in [1.82, 2.24) is 19.6 Å². The Hall–Kier alpha value is -3.39. The van der Waals surface area contributed by atoms with Crippen molar-refractivity contribution in [2.45, 2.75) is 6.54 Å². The Morgan fingerprint density at radius 3 is 2.55 bits per heavy atom. The van der Waals surface area contributed by atoms with Crippen LogP contribution < -0.4 is 11.1 Å². The zero-order valence-electron chi connectivity index (χ0n) is 16.3. The minimum Gasteiger partial charge on any atom is -0.398 e. The Labute approximate surface area is 168 Å². The first-order valence-electron chi connectivity index (χ1n) is 9.59. The summed E-state index contributed by atoms with van der Waals surface area (Å²) in [6.45, 7) is 3.36. The van der Waals surface area contributed by atoms with E-state index < -0.39 is 0 Å². The maximum atomic E-state index is 12.8. The SMILES string of the molecule is CN1CCN(C(=O)Cn2ccc(NC(=O)c3cccc4c(N)cccc34)n2)CC1. The first-order chi connectivity index (χ1) is 14.0. The van der Waals surface area contributed by atoms with Crippen molar-refractivity contribution in [3.63, 3.8) is 0 Å². The second-order valence-corrected chi connectivity index (χ2v) is 7.28. The molecule has 0 bridgehead atoms. The third kappa shape index (κ3) is 4.07. The van der Waals surface area contributed by atoms with Gasteiger partial charge in [-0.1, -0.05) is 24.3 Å². The maximum absolute atomic E-state index is 12.8. The van der Waals surface area contributed by atoms with Gasteiger partial charge in [-0.3, -0.25) is 14.3 Å². The molecule has 2 heterocycles. The topological polar surface area (TPSA) is 96.5 Å². The second kappa shape index (κ2) is 7.92. The van der Waals surface area contributed by atoms with Gasteiger partial charge in [0.2, 0.25) is 5.91 Å². The molecule has 2 aromatic carbocycles. The molecule has 0 spiro atoms. The first-order valence-corrected chi connectivity index (χ1v) is 9.59. The van der Waals surface area contributed by atoms with Crippen molar-refractivity contribution < 1.29 is 9.59 Å². The molecule has 150 valence electrons. The zero-order chi connectivity index (χ0) is 20.4. The van der Waals surface area contributed by atoms with Gasteiger partial charge >= 0.3 is 0 Å². The maximum Gasteiger partial charge on any atom is 0.257 e. The van der Waals surface area contributed by atoms with E-state index in [1.165, 1.54) is 0 Å². The Kier molecular flexibility index (Phi) is 5.18. The van der Waals surface area contributed by atoms with E-state index in [1.54, 1.807) is 29.1 Å². The predicted octanol–water partition coefficient (Wildman–Crippen LogP) is 1.64. The van der Waals surface area contributed by atoms with Crippen molar-refractivity contribution in [3.05, 3.63) is 54.2 Å². The van der Waals surface area contributed by atoms with Crippen LogP contribution in [0.4, 0.5) is 11.5 Å². The molecule has 0 unspecified atom stereocenters. The van der Waals surface area contributed by atoms with Gasteiger partial charge in [0.15, 0.2) is 5.82 Å². The summed E-state index contributed by atoms with van der Waals surface area (Å²) in [5.41, 5.74) is 7.17. The standard InChI is InChI=1S/C21H24N6O2/c1-25-10-12-26(13-11-25)20(28)14-27-9-8-19(24-27)23-21(29)17-6-2-5-16-15(17)4-3-7-18(16)22/h2-9H,10-14,22H2,1H3,(H,23,24,29). The summed E-state index contributed by atoms with van der Waals surface area (Å²) in [6, 6.07) is 12.6. The molecule has 0 saturated carbocycles. The number of aromatic nitrogens is 2. The van der Waals surface area contributed by atoms with E-state index in [4.69, 9.17) is 5.73 Å². The van der Waals surface area contributed by atoms with Crippen LogP contribution in [-0.2, 0) is 11.3 Å². The van der Waals surface area contributed by atoms with Crippen molar-refractivity contribution in [1.29, 1.82) is 0 Å². The number of carbonyl (C=O) groups excluding carboxylic acids is 2. The molecule has 4 rings (SSSR count). The van der Waals surface area contributed by atoms with Crippen molar-refractivity contribution >= 4 is 34.1 Å². The number of anilines is 2. The summed E-state index contributed by atoms with van der Waals surface area (Å²) in [5, 5.41) is 8.75. The Bertz CT molecular complexity index is 1050. The molecule has 1 aliphatic heterocycles. The molecule has 0 radical (unpaired) electrons. The number of hydrogen-bond acceptors (Lipinski definition) is 5. The molecule has 1 aliphatic rings. The summed E-state index contributed by atoms with van der Waals surface area (Å²) in [7, 11) is 2.05. The normalized spacial score (nSPS) is 14.9. The van der Waals surface area contributed by atoms with Crippen LogP contribution in [0.15, 0.2) is 48.7 Å². The highest BCUT2D eigenvalue weighted by molar-refractivity contribution is 6.14. The van der Waals surface area contributed by atoms with E-state index >= 15 is 0 Å². The highest BCUT2D eigenvalue weighted by Crippen LogP contribution is 2.24. The van der Waals surface area contributed by atoms with E-state index in [1.807, 2.05) is 29.2 Å². The van der Waals surface area contributed by atoms with E-state index in [9.17, 15) is 9.59 Å². The van der Waals surface area contributed by atoms with Crippen LogP contribution in [-0.4, -0.2) is 64.6 Å². The summed E-state index contributed by atoms with van der Waals surface area (Å²) < 4.78 is 1.55. The second-order valence-electron chi connectivity index (χ2n) is 7.28. The fourth-order valence-electron chi connectivity index (χ4n) is 3.53. The number of hydrogen-bond donors (Lipinski definition) is 2. The lowest BCUT2D eigenvalue weighted by Crippen LogP contribution is -2.48. The number of fused-ring (bicyclic) bond motifs is 1. The van der Waals surface area contributed by atoms with Crippen LogP contribution in [0.3, 0.4) is 0 Å². The number of amides is 2. The average Bonchev–Trinajstić information content (AvgIpc) is 3.15. The molecule has 1 saturated heterocycles. The minimum absolute atomic E-state index is 0.0311. The third-order valence-corrected chi connectivity index (χ3v) is 5.24. The molecule has 0 atom stereocenters. The molecular formula is C21H24N6O2. The number of nitrogens with one attached hydrogen (secondary N) is 1. The molecule has 0 aliphatic carbocycles. The predicted molar refractivity (Wildman–Crippen MR) is 113 cm³/mol. The summed E-state index contributed by atoms with van der Waals surface area (Å²) in [5.74, 6) is 0.169. The molecule has 2 amide bonds. The number of benzene rings is 2. The molecule has 1 aromatic heterocycles. The van der Waals surface area contributed by atoms with Gasteiger partial charge in [-0.15, -0.1) is 0 Å². The Morgan fingerprint density at radius 1 is 1.03 bits per heavy atom. The van der Waals surface area contributed by atoms with Crippen LogP contribution in [0.2, 0.25) is 0 Å². The Morgan fingerprint density at radius 2 is 1.76 bits per heavy atom. The smallest absolute Gasteiger partial charge is 0.257 e. The summed E-state index contributed by atoms with van der Waals surface area (Å²) in [4.78, 5) is 29.3. The van der Waals surface area contributed by atoms with Crippen LogP contribution in [0.5, 0.6) is 0 Å². The van der Waals surface area contributed by atoms with Gasteiger partial charge in [-0.2, -0.15) is 5.10 Å². The lowest BCUT2D eigenvalue weighted by molar-refractivity contribution is -0.133. The monoisotopic (exact) mass is 392 g/mol. The first kappa shape index (κ1) is 18.9. The zero-order valence-corrected chi connectivity index (χ0v) is 16.3. The van der Waals surface area contributed by atoms with Gasteiger partial charge in [0.05, 0.1) is 0 Å². The van der Waals surface area contributed by atoms with Crippen LogP contribution in [0.25, 0.3) is 10.8 Å². The van der Waals surface area contributed by atoms with Gasteiger partial charge < -0.3 is 20.9 Å². The van der Waals surface area contributed by atoms with E-state index in [0.717, 1.165) is 37.0 Å². The number of nitrogens with two attached hydrogens (primary N) is 1. The lowest BCUT2D eigenvalue weighted by atomic mass is 10.0. The number of rotatable bonds is 4. The number of piperazine rings is 1. The molecule has 3 aromatic rings. The number of likely N-dealkylation sites (N-methyl/N-ethyl adjacent to an activating group) is 1. The molecule has 1 fully saturated rings. The van der Waals surface area contributed by atoms with E-state index in [-0.39, 0.29) is 18.4 Å². The van der Waals surface area contributed by atoms with Crippen molar-refractivity contribution in [3.8, 4) is 0 Å². The third-order valence-electron chi connectivity index (χ3n) is 5.24. The Balaban J connectivity index is 1.44. The summed E-state index contributed by atoms with van der Waals surface area (Å²) in [6.07, 6.45) is 1.70. The van der Waals surface area contributed by atoms with Crippen LogP contribution in [0.1, 0.15) is 10.4 Å². The lowest BCUT2D eigenvalue weighted by Gasteiger charge is -2.32. The van der Waals surface area contributed by atoms with Gasteiger partial charge in [-0.05, 0) is 24.6 Å². The highest BCUT2D eigenvalue weighted by Gasteiger charge is 2.19. The minimum atomic E-state index is -0.267. The van der Waals surface area contributed by atoms with E-state index in [2.05, 4.69) is 22.4 Å². The van der Waals surface area contributed by atoms with Crippen molar-refractivity contribution in [2.75, 3.05) is 44.3 Å². The van der Waals surface area contributed by atoms with Gasteiger partial charge in [0, 0.05) is 55.1 Å². The van der Waals surface area contributed by atoms with Gasteiger partial charge in [-0.25, -0.2) is 0 Å². The molecular weight excluding hydrogens is 368 g/mol. The average molecular weight is 392 g/mol. The fourth-order valence-corrected chi connectivity index (χ4v) is 3.53. The molecule has 29 heavy (non-hydrogen) atoms. The van der Waals surface area contributed by atoms with Crippen molar-refractivity contribution in [2.24, 2.45) is 0 Å².